The van der Waals surface area contributed by atoms with Gasteiger partial charge in [-0.3, -0.25) is 9.36 Å². The van der Waals surface area contributed by atoms with Crippen LogP contribution >= 0.6 is 11.8 Å². The lowest BCUT2D eigenvalue weighted by Gasteiger charge is -2.24. The second kappa shape index (κ2) is 6.75. The first kappa shape index (κ1) is 14.9. The molecule has 1 aliphatic rings. The Bertz CT molecular complexity index is 515. The van der Waals surface area contributed by atoms with Gasteiger partial charge in [-0.25, -0.2) is 0 Å². The van der Waals surface area contributed by atoms with Crippen molar-refractivity contribution in [1.82, 2.24) is 14.8 Å². The molecule has 0 bridgehead atoms. The Balaban J connectivity index is 2.11. The first-order valence-corrected chi connectivity index (χ1v) is 7.74. The molecule has 1 saturated carbocycles. The summed E-state index contributed by atoms with van der Waals surface area (Å²) in [7, 11) is 0. The van der Waals surface area contributed by atoms with Crippen LogP contribution in [0.5, 0.6) is 0 Å². The van der Waals surface area contributed by atoms with Crippen molar-refractivity contribution in [2.45, 2.75) is 56.0 Å². The molecule has 1 aromatic rings. The Morgan fingerprint density at radius 1 is 1.50 bits per heavy atom. The van der Waals surface area contributed by atoms with E-state index in [2.05, 4.69) is 16.3 Å². The Kier molecular flexibility index (Phi) is 5.01. The average molecular weight is 293 g/mol. The largest absolute Gasteiger partial charge is 0.368 e. The fourth-order valence-corrected chi connectivity index (χ4v) is 3.72. The first-order valence-electron chi connectivity index (χ1n) is 6.86. The van der Waals surface area contributed by atoms with E-state index >= 15 is 0 Å². The van der Waals surface area contributed by atoms with Gasteiger partial charge >= 0.3 is 0 Å². The molecule has 1 atom stereocenters. The van der Waals surface area contributed by atoms with Gasteiger partial charge in [0, 0.05) is 0 Å². The third-order valence-electron chi connectivity index (χ3n) is 3.65. The standard InChI is InChI=1S/C13H19N5OS/c1-9-16-17-13(18(9)8-12(15)19)20-11(7-14)10-5-3-2-4-6-10/h10-11H,2-6,8H2,1H3,(H2,15,19)/t11-/m1/s1. The number of amides is 1. The van der Waals surface area contributed by atoms with Crippen molar-refractivity contribution in [3.8, 4) is 6.07 Å². The number of nitriles is 1. The molecule has 1 fully saturated rings. The van der Waals surface area contributed by atoms with Crippen LogP contribution in [0.25, 0.3) is 0 Å². The molecular formula is C13H19N5OS. The van der Waals surface area contributed by atoms with Crippen molar-refractivity contribution in [3.63, 3.8) is 0 Å². The van der Waals surface area contributed by atoms with Gasteiger partial charge < -0.3 is 5.73 Å². The summed E-state index contributed by atoms with van der Waals surface area (Å²) in [6, 6.07) is 2.38. The Labute approximate surface area is 122 Å². The van der Waals surface area contributed by atoms with Gasteiger partial charge in [0.1, 0.15) is 17.6 Å². The maximum atomic E-state index is 11.1. The zero-order valence-corrected chi connectivity index (χ0v) is 12.4. The quantitative estimate of drug-likeness (QED) is 0.832. The molecule has 1 aromatic heterocycles. The van der Waals surface area contributed by atoms with Crippen LogP contribution in [0.4, 0.5) is 0 Å². The van der Waals surface area contributed by atoms with Crippen molar-refractivity contribution in [2.75, 3.05) is 0 Å². The number of carbonyl (C=O) groups excluding carboxylic acids is 1. The lowest BCUT2D eigenvalue weighted by atomic mass is 9.87. The molecule has 7 heteroatoms. The average Bonchev–Trinajstić information content (AvgIpc) is 2.78. The minimum Gasteiger partial charge on any atom is -0.368 e. The summed E-state index contributed by atoms with van der Waals surface area (Å²) in [6.07, 6.45) is 5.82. The summed E-state index contributed by atoms with van der Waals surface area (Å²) >= 11 is 1.41. The van der Waals surface area contributed by atoms with Crippen molar-refractivity contribution in [1.29, 1.82) is 5.26 Å². The lowest BCUT2D eigenvalue weighted by Crippen LogP contribution is -2.22. The van der Waals surface area contributed by atoms with Crippen LogP contribution in [0.15, 0.2) is 5.16 Å². The van der Waals surface area contributed by atoms with Crippen LogP contribution in [0, 0.1) is 24.2 Å². The molecule has 108 valence electrons. The number of primary amides is 1. The van der Waals surface area contributed by atoms with E-state index in [1.807, 2.05) is 0 Å². The zero-order valence-electron chi connectivity index (χ0n) is 11.6. The Morgan fingerprint density at radius 2 is 2.20 bits per heavy atom. The van der Waals surface area contributed by atoms with Gasteiger partial charge in [-0.1, -0.05) is 31.0 Å². The topological polar surface area (TPSA) is 97.6 Å². The van der Waals surface area contributed by atoms with Crippen molar-refractivity contribution < 1.29 is 4.79 Å². The number of carbonyl (C=O) groups is 1. The van der Waals surface area contributed by atoms with Crippen LogP contribution < -0.4 is 5.73 Å². The second-order valence-corrected chi connectivity index (χ2v) is 6.26. The number of nitrogens with zero attached hydrogens (tertiary/aromatic N) is 4. The number of hydrogen-bond donors (Lipinski definition) is 1. The van der Waals surface area contributed by atoms with E-state index in [1.54, 1.807) is 11.5 Å². The first-order chi connectivity index (χ1) is 9.61. The predicted molar refractivity (Wildman–Crippen MR) is 75.8 cm³/mol. The lowest BCUT2D eigenvalue weighted by molar-refractivity contribution is -0.118. The summed E-state index contributed by atoms with van der Waals surface area (Å²) in [6.45, 7) is 1.84. The van der Waals surface area contributed by atoms with Crippen molar-refractivity contribution >= 4 is 17.7 Å². The number of hydrogen-bond acceptors (Lipinski definition) is 5. The summed E-state index contributed by atoms with van der Waals surface area (Å²) in [5.74, 6) is 0.616. The van der Waals surface area contributed by atoms with Gasteiger partial charge in [-0.2, -0.15) is 5.26 Å². The highest BCUT2D eigenvalue weighted by atomic mass is 32.2. The number of aromatic nitrogens is 3. The molecular weight excluding hydrogens is 274 g/mol. The van der Waals surface area contributed by atoms with E-state index in [1.165, 1.54) is 31.0 Å². The minimum absolute atomic E-state index is 0.0595. The molecule has 0 aliphatic heterocycles. The molecule has 2 rings (SSSR count). The van der Waals surface area contributed by atoms with Gasteiger partial charge in [-0.05, 0) is 25.7 Å². The molecule has 1 heterocycles. The van der Waals surface area contributed by atoms with E-state index < -0.39 is 5.91 Å². The van der Waals surface area contributed by atoms with Gasteiger partial charge in [0.05, 0.1) is 6.07 Å². The molecule has 0 spiro atoms. The van der Waals surface area contributed by atoms with Gasteiger partial charge in [-0.15, -0.1) is 10.2 Å². The molecule has 0 aromatic carbocycles. The highest BCUT2D eigenvalue weighted by molar-refractivity contribution is 8.00. The van der Waals surface area contributed by atoms with Crippen LogP contribution in [-0.4, -0.2) is 25.9 Å². The molecule has 2 N–H and O–H groups in total. The Hall–Kier alpha value is -1.55. The summed E-state index contributed by atoms with van der Waals surface area (Å²) in [5, 5.41) is 17.9. The van der Waals surface area contributed by atoms with E-state index in [0.717, 1.165) is 12.8 Å². The van der Waals surface area contributed by atoms with Crippen molar-refractivity contribution in [2.24, 2.45) is 11.7 Å². The van der Waals surface area contributed by atoms with Crippen LogP contribution in [0.2, 0.25) is 0 Å². The molecule has 0 radical (unpaired) electrons. The molecule has 0 unspecified atom stereocenters. The molecule has 20 heavy (non-hydrogen) atoms. The molecule has 0 saturated heterocycles. The van der Waals surface area contributed by atoms with Crippen LogP contribution in [-0.2, 0) is 11.3 Å². The minimum atomic E-state index is -0.430. The molecule has 1 amide bonds. The van der Waals surface area contributed by atoms with Crippen LogP contribution in [0.3, 0.4) is 0 Å². The highest BCUT2D eigenvalue weighted by Gasteiger charge is 2.26. The predicted octanol–water partition coefficient (Wildman–Crippen LogP) is 1.64. The number of rotatable bonds is 5. The van der Waals surface area contributed by atoms with E-state index in [4.69, 9.17) is 5.73 Å². The summed E-state index contributed by atoms with van der Waals surface area (Å²) in [4.78, 5) is 11.1. The summed E-state index contributed by atoms with van der Waals surface area (Å²) < 4.78 is 1.68. The van der Waals surface area contributed by atoms with Gasteiger partial charge in [0.15, 0.2) is 5.16 Å². The van der Waals surface area contributed by atoms with Crippen LogP contribution in [0.1, 0.15) is 37.9 Å². The number of nitrogens with two attached hydrogens (primary N) is 1. The smallest absolute Gasteiger partial charge is 0.237 e. The number of aryl methyl sites for hydroxylation is 1. The van der Waals surface area contributed by atoms with Gasteiger partial charge in [0.2, 0.25) is 5.91 Å². The SMILES string of the molecule is Cc1nnc(S[C@H](C#N)C2CCCCC2)n1CC(N)=O. The monoisotopic (exact) mass is 293 g/mol. The highest BCUT2D eigenvalue weighted by Crippen LogP contribution is 2.35. The summed E-state index contributed by atoms with van der Waals surface area (Å²) in [5.41, 5.74) is 5.24. The van der Waals surface area contributed by atoms with Gasteiger partial charge in [0.25, 0.3) is 0 Å². The Morgan fingerprint density at radius 3 is 2.80 bits per heavy atom. The fourth-order valence-electron chi connectivity index (χ4n) is 2.57. The van der Waals surface area contributed by atoms with E-state index in [0.29, 0.717) is 16.9 Å². The maximum Gasteiger partial charge on any atom is 0.237 e. The fraction of sp³-hybridized carbons (Fsp3) is 0.692. The molecule has 1 aliphatic carbocycles. The number of thioether (sulfide) groups is 1. The van der Waals surface area contributed by atoms with E-state index in [-0.39, 0.29) is 11.8 Å². The maximum absolute atomic E-state index is 11.1. The normalized spacial score (nSPS) is 17.6. The zero-order chi connectivity index (χ0) is 14.5. The molecule has 6 nitrogen and oxygen atoms in total. The van der Waals surface area contributed by atoms with Crippen molar-refractivity contribution in [3.05, 3.63) is 5.82 Å². The van der Waals surface area contributed by atoms with E-state index in [9.17, 15) is 10.1 Å². The second-order valence-electron chi connectivity index (χ2n) is 5.15. The third kappa shape index (κ3) is 3.51. The third-order valence-corrected chi connectivity index (χ3v) is 4.91.